The molecule has 0 aliphatic carbocycles. The van der Waals surface area contributed by atoms with Crippen molar-refractivity contribution < 1.29 is 14.3 Å². The first-order chi connectivity index (χ1) is 10.2. The first-order valence-electron chi connectivity index (χ1n) is 6.86. The van der Waals surface area contributed by atoms with Crippen molar-refractivity contribution in [2.24, 2.45) is 5.73 Å². The van der Waals surface area contributed by atoms with Crippen molar-refractivity contribution in [3.63, 3.8) is 0 Å². The van der Waals surface area contributed by atoms with E-state index in [-0.39, 0.29) is 12.6 Å². The Hall–Kier alpha value is -2.16. The fourth-order valence-electron chi connectivity index (χ4n) is 1.92. The topological polar surface area (TPSA) is 115 Å². The number of anilines is 2. The van der Waals surface area contributed by atoms with Gasteiger partial charge in [-0.3, -0.25) is 4.79 Å². The van der Waals surface area contributed by atoms with Crippen LogP contribution in [0.5, 0.6) is 6.01 Å². The first-order valence-corrected chi connectivity index (χ1v) is 6.86. The van der Waals surface area contributed by atoms with Crippen molar-refractivity contribution in [2.75, 3.05) is 43.6 Å². The molecular formula is C12H20N6O3. The van der Waals surface area contributed by atoms with Crippen LogP contribution in [-0.2, 0) is 9.53 Å². The fraction of sp³-hybridized carbons (Fsp3) is 0.667. The highest BCUT2D eigenvalue weighted by Gasteiger charge is 2.30. The molecule has 0 spiro atoms. The Bertz CT molecular complexity index is 498. The number of nitrogens with one attached hydrogen (secondary N) is 1. The van der Waals surface area contributed by atoms with Crippen LogP contribution >= 0.6 is 0 Å². The highest BCUT2D eigenvalue weighted by molar-refractivity contribution is 5.83. The van der Waals surface area contributed by atoms with E-state index >= 15 is 0 Å². The minimum absolute atomic E-state index is 0.223. The monoisotopic (exact) mass is 296 g/mol. The molecule has 116 valence electrons. The molecule has 3 N–H and O–H groups in total. The summed E-state index contributed by atoms with van der Waals surface area (Å²) in [6.45, 7) is 3.69. The lowest BCUT2D eigenvalue weighted by Gasteiger charge is -2.33. The molecule has 1 amide bonds. The van der Waals surface area contributed by atoms with Crippen LogP contribution in [0.2, 0.25) is 0 Å². The second-order valence-corrected chi connectivity index (χ2v) is 4.53. The predicted octanol–water partition coefficient (Wildman–Crippen LogP) is -0.607. The summed E-state index contributed by atoms with van der Waals surface area (Å²) in [5.74, 6) is 0.255. The van der Waals surface area contributed by atoms with Gasteiger partial charge < -0.3 is 25.4 Å². The van der Waals surface area contributed by atoms with Crippen molar-refractivity contribution in [2.45, 2.75) is 19.4 Å². The normalized spacial score (nSPS) is 18.4. The van der Waals surface area contributed by atoms with E-state index in [4.69, 9.17) is 15.2 Å². The average molecular weight is 296 g/mol. The number of morpholine rings is 1. The van der Waals surface area contributed by atoms with Crippen LogP contribution in [0.15, 0.2) is 0 Å². The van der Waals surface area contributed by atoms with Gasteiger partial charge in [0.2, 0.25) is 17.8 Å². The number of nitrogens with zero attached hydrogens (tertiary/aromatic N) is 4. The molecule has 2 heterocycles. The number of carbonyl (C=O) groups is 1. The van der Waals surface area contributed by atoms with Gasteiger partial charge in [-0.1, -0.05) is 6.92 Å². The zero-order chi connectivity index (χ0) is 15.2. The van der Waals surface area contributed by atoms with Gasteiger partial charge in [-0.25, -0.2) is 0 Å². The predicted molar refractivity (Wildman–Crippen MR) is 76.3 cm³/mol. The van der Waals surface area contributed by atoms with Crippen molar-refractivity contribution in [3.05, 3.63) is 0 Å². The molecule has 2 rings (SSSR count). The third kappa shape index (κ3) is 3.69. The van der Waals surface area contributed by atoms with Gasteiger partial charge in [-0.05, 0) is 6.42 Å². The Labute approximate surface area is 122 Å². The number of amides is 1. The summed E-state index contributed by atoms with van der Waals surface area (Å²) in [6, 6.07) is -0.370. The van der Waals surface area contributed by atoms with Crippen LogP contribution in [0.1, 0.15) is 13.3 Å². The summed E-state index contributed by atoms with van der Waals surface area (Å²) in [5, 5.41) is 2.85. The smallest absolute Gasteiger partial charge is 0.323 e. The maximum absolute atomic E-state index is 11.5. The van der Waals surface area contributed by atoms with E-state index in [2.05, 4.69) is 20.3 Å². The highest BCUT2D eigenvalue weighted by atomic mass is 16.5. The minimum atomic E-state index is -0.593. The number of nitrogens with two attached hydrogens (primary N) is 1. The zero-order valence-electron chi connectivity index (χ0n) is 12.2. The number of ether oxygens (including phenoxy) is 2. The minimum Gasteiger partial charge on any atom is -0.463 e. The molecule has 0 saturated carbocycles. The Kier molecular flexibility index (Phi) is 5.09. The molecule has 9 nitrogen and oxygen atoms in total. The molecule has 1 aliphatic heterocycles. The Balaban J connectivity index is 2.29. The van der Waals surface area contributed by atoms with E-state index in [9.17, 15) is 4.79 Å². The van der Waals surface area contributed by atoms with E-state index in [0.717, 1.165) is 6.42 Å². The van der Waals surface area contributed by atoms with E-state index in [1.165, 1.54) is 0 Å². The third-order valence-corrected chi connectivity index (χ3v) is 2.98. The molecule has 1 atom stereocenters. The molecule has 0 aromatic carbocycles. The Morgan fingerprint density at radius 3 is 3.00 bits per heavy atom. The van der Waals surface area contributed by atoms with Gasteiger partial charge in [-0.2, -0.15) is 15.0 Å². The third-order valence-electron chi connectivity index (χ3n) is 2.98. The van der Waals surface area contributed by atoms with Gasteiger partial charge in [-0.15, -0.1) is 0 Å². The van der Waals surface area contributed by atoms with Gasteiger partial charge in [0.25, 0.3) is 0 Å². The second-order valence-electron chi connectivity index (χ2n) is 4.53. The summed E-state index contributed by atoms with van der Waals surface area (Å²) in [5.41, 5.74) is 5.41. The number of aromatic nitrogens is 3. The maximum Gasteiger partial charge on any atom is 0.323 e. The molecule has 21 heavy (non-hydrogen) atoms. The number of carbonyl (C=O) groups excluding carboxylic acids is 1. The molecule has 1 aromatic rings. The Morgan fingerprint density at radius 2 is 2.33 bits per heavy atom. The standard InChI is InChI=1S/C12H20N6O3/c1-3-5-21-12-16-10(14-2)15-11(17-12)18-4-6-20-7-8(18)9(13)19/h8H,3-7H2,1-2H3,(H2,13,19)(H,14,15,16,17). The summed E-state index contributed by atoms with van der Waals surface area (Å²) < 4.78 is 10.7. The SMILES string of the molecule is CCCOc1nc(NC)nc(N2CCOCC2C(N)=O)n1. The molecule has 9 heteroatoms. The van der Waals surface area contributed by atoms with Gasteiger partial charge in [0.15, 0.2) is 0 Å². The van der Waals surface area contributed by atoms with Crippen LogP contribution in [0.4, 0.5) is 11.9 Å². The first kappa shape index (κ1) is 15.2. The molecule has 1 fully saturated rings. The average Bonchev–Trinajstić information content (AvgIpc) is 2.52. The summed E-state index contributed by atoms with van der Waals surface area (Å²) in [4.78, 5) is 25.9. The second kappa shape index (κ2) is 7.02. The number of rotatable bonds is 6. The van der Waals surface area contributed by atoms with E-state index in [0.29, 0.717) is 31.7 Å². The van der Waals surface area contributed by atoms with Crippen molar-refractivity contribution in [3.8, 4) is 6.01 Å². The Morgan fingerprint density at radius 1 is 1.52 bits per heavy atom. The quantitative estimate of drug-likeness (QED) is 0.714. The molecule has 0 bridgehead atoms. The van der Waals surface area contributed by atoms with Crippen LogP contribution in [0.3, 0.4) is 0 Å². The van der Waals surface area contributed by atoms with Gasteiger partial charge in [0.05, 0.1) is 19.8 Å². The zero-order valence-corrected chi connectivity index (χ0v) is 12.2. The largest absolute Gasteiger partial charge is 0.463 e. The van der Waals surface area contributed by atoms with Gasteiger partial charge in [0, 0.05) is 13.6 Å². The van der Waals surface area contributed by atoms with Crippen LogP contribution in [0, 0.1) is 0 Å². The number of hydrogen-bond donors (Lipinski definition) is 2. The van der Waals surface area contributed by atoms with Gasteiger partial charge in [0.1, 0.15) is 6.04 Å². The van der Waals surface area contributed by atoms with Gasteiger partial charge >= 0.3 is 6.01 Å². The lowest BCUT2D eigenvalue weighted by Crippen LogP contribution is -2.53. The van der Waals surface area contributed by atoms with Crippen LogP contribution in [0.25, 0.3) is 0 Å². The number of primary amides is 1. The molecule has 1 unspecified atom stereocenters. The molecule has 1 aromatic heterocycles. The maximum atomic E-state index is 11.5. The van der Waals surface area contributed by atoms with Crippen LogP contribution < -0.4 is 20.7 Å². The fourth-order valence-corrected chi connectivity index (χ4v) is 1.92. The molecule has 1 saturated heterocycles. The highest BCUT2D eigenvalue weighted by Crippen LogP contribution is 2.19. The number of hydrogen-bond acceptors (Lipinski definition) is 8. The summed E-state index contributed by atoms with van der Waals surface area (Å²) >= 11 is 0. The van der Waals surface area contributed by atoms with E-state index < -0.39 is 11.9 Å². The van der Waals surface area contributed by atoms with E-state index in [1.54, 1.807) is 11.9 Å². The van der Waals surface area contributed by atoms with Crippen molar-refractivity contribution in [1.82, 2.24) is 15.0 Å². The summed E-state index contributed by atoms with van der Waals surface area (Å²) in [6.07, 6.45) is 0.845. The van der Waals surface area contributed by atoms with E-state index in [1.807, 2.05) is 6.92 Å². The molecule has 1 aliphatic rings. The van der Waals surface area contributed by atoms with Crippen molar-refractivity contribution in [1.29, 1.82) is 0 Å². The molecular weight excluding hydrogens is 276 g/mol. The van der Waals surface area contributed by atoms with Crippen LogP contribution in [-0.4, -0.2) is 60.3 Å². The summed E-state index contributed by atoms with van der Waals surface area (Å²) in [7, 11) is 1.70. The molecule has 0 radical (unpaired) electrons. The lowest BCUT2D eigenvalue weighted by molar-refractivity contribution is -0.121. The van der Waals surface area contributed by atoms with Crippen molar-refractivity contribution >= 4 is 17.8 Å². The lowest BCUT2D eigenvalue weighted by atomic mass is 10.2.